The number of rotatable bonds is 1. The molecule has 1 atom stereocenters. The summed E-state index contributed by atoms with van der Waals surface area (Å²) in [6.45, 7) is -0.172. The number of carbonyl (C=O) groups excluding carboxylic acids is 2. The zero-order chi connectivity index (χ0) is 14.9. The van der Waals surface area contributed by atoms with Crippen LogP contribution in [0.15, 0.2) is 24.3 Å². The van der Waals surface area contributed by atoms with E-state index in [0.29, 0.717) is 10.5 Å². The van der Waals surface area contributed by atoms with Crippen LogP contribution in [0.25, 0.3) is 0 Å². The molecular formula is C13H12F3NO3. The van der Waals surface area contributed by atoms with E-state index in [1.807, 2.05) is 0 Å². The molecule has 7 heteroatoms. The highest BCUT2D eigenvalue weighted by Crippen LogP contribution is 2.33. The maximum absolute atomic E-state index is 12.6. The highest BCUT2D eigenvalue weighted by Gasteiger charge is 2.48. The van der Waals surface area contributed by atoms with E-state index in [0.717, 1.165) is 12.7 Å². The summed E-state index contributed by atoms with van der Waals surface area (Å²) in [5.41, 5.74) is 1.12. The van der Waals surface area contributed by atoms with Gasteiger partial charge in [-0.25, -0.2) is 4.79 Å². The molecule has 1 aliphatic rings. The molecule has 1 aromatic carbocycles. The lowest BCUT2D eigenvalue weighted by atomic mass is 9.92. The first-order valence-corrected chi connectivity index (χ1v) is 5.89. The molecule has 0 spiro atoms. The average Bonchev–Trinajstić information content (AvgIpc) is 2.43. The van der Waals surface area contributed by atoms with Crippen LogP contribution in [-0.2, 0) is 20.7 Å². The number of amides is 1. The van der Waals surface area contributed by atoms with Crippen LogP contribution in [-0.4, -0.2) is 36.6 Å². The van der Waals surface area contributed by atoms with Crippen molar-refractivity contribution in [3.8, 4) is 0 Å². The third-order valence-electron chi connectivity index (χ3n) is 3.21. The number of alkyl halides is 3. The Kier molecular flexibility index (Phi) is 3.69. The lowest BCUT2D eigenvalue weighted by molar-refractivity contribution is -0.190. The van der Waals surface area contributed by atoms with Crippen LogP contribution in [0.4, 0.5) is 13.2 Å². The fourth-order valence-electron chi connectivity index (χ4n) is 2.31. The van der Waals surface area contributed by atoms with Crippen molar-refractivity contribution in [3.63, 3.8) is 0 Å². The maximum atomic E-state index is 12.6. The molecule has 0 unspecified atom stereocenters. The van der Waals surface area contributed by atoms with Crippen molar-refractivity contribution < 1.29 is 27.5 Å². The van der Waals surface area contributed by atoms with Gasteiger partial charge in [-0.2, -0.15) is 13.2 Å². The third-order valence-corrected chi connectivity index (χ3v) is 3.21. The third kappa shape index (κ3) is 2.48. The monoisotopic (exact) mass is 287 g/mol. The molecule has 0 saturated heterocycles. The molecule has 0 N–H and O–H groups in total. The number of methoxy groups -OCH3 is 1. The Morgan fingerprint density at radius 3 is 2.55 bits per heavy atom. The van der Waals surface area contributed by atoms with Gasteiger partial charge in [-0.15, -0.1) is 0 Å². The van der Waals surface area contributed by atoms with Crippen molar-refractivity contribution in [3.05, 3.63) is 35.4 Å². The zero-order valence-electron chi connectivity index (χ0n) is 10.6. The molecule has 20 heavy (non-hydrogen) atoms. The molecule has 0 aliphatic carbocycles. The maximum Gasteiger partial charge on any atom is 0.471 e. The highest BCUT2D eigenvalue weighted by atomic mass is 19.4. The van der Waals surface area contributed by atoms with E-state index in [1.165, 1.54) is 6.07 Å². The Morgan fingerprint density at radius 1 is 1.30 bits per heavy atom. The molecule has 1 amide bonds. The van der Waals surface area contributed by atoms with Crippen molar-refractivity contribution in [2.24, 2.45) is 0 Å². The minimum absolute atomic E-state index is 0.172. The fraction of sp³-hybridized carbons (Fsp3) is 0.385. The molecule has 1 aliphatic heterocycles. The number of benzene rings is 1. The van der Waals surface area contributed by atoms with E-state index in [-0.39, 0.29) is 13.0 Å². The molecular weight excluding hydrogens is 275 g/mol. The van der Waals surface area contributed by atoms with Gasteiger partial charge in [0.15, 0.2) is 6.04 Å². The Bertz CT molecular complexity index is 542. The summed E-state index contributed by atoms with van der Waals surface area (Å²) in [5.74, 6) is -2.91. The number of esters is 1. The number of halogens is 3. The quantitative estimate of drug-likeness (QED) is 0.741. The highest BCUT2D eigenvalue weighted by molar-refractivity contribution is 5.89. The molecule has 0 bridgehead atoms. The van der Waals surface area contributed by atoms with E-state index in [4.69, 9.17) is 0 Å². The largest absolute Gasteiger partial charge is 0.471 e. The van der Waals surface area contributed by atoms with Gasteiger partial charge in [-0.3, -0.25) is 4.79 Å². The summed E-state index contributed by atoms with van der Waals surface area (Å²) in [4.78, 5) is 23.8. The van der Waals surface area contributed by atoms with Crippen molar-refractivity contribution in [1.82, 2.24) is 4.90 Å². The van der Waals surface area contributed by atoms with Gasteiger partial charge >= 0.3 is 18.1 Å². The van der Waals surface area contributed by atoms with Gasteiger partial charge in [0, 0.05) is 6.54 Å². The number of carbonyl (C=O) groups is 2. The van der Waals surface area contributed by atoms with Crippen molar-refractivity contribution in [2.45, 2.75) is 18.6 Å². The van der Waals surface area contributed by atoms with E-state index >= 15 is 0 Å². The molecule has 0 fully saturated rings. The topological polar surface area (TPSA) is 46.6 Å². The normalized spacial score (nSPS) is 18.4. The van der Waals surface area contributed by atoms with Crippen LogP contribution in [0.2, 0.25) is 0 Å². The predicted octanol–water partition coefficient (Wildman–Crippen LogP) is 1.85. The second kappa shape index (κ2) is 5.15. The van der Waals surface area contributed by atoms with Crippen LogP contribution in [0, 0.1) is 0 Å². The first kappa shape index (κ1) is 14.4. The van der Waals surface area contributed by atoms with Crippen LogP contribution in [0.5, 0.6) is 0 Å². The Morgan fingerprint density at radius 2 is 1.95 bits per heavy atom. The number of nitrogens with zero attached hydrogens (tertiary/aromatic N) is 1. The molecule has 1 heterocycles. The second-order valence-electron chi connectivity index (χ2n) is 4.37. The van der Waals surface area contributed by atoms with Crippen molar-refractivity contribution in [1.29, 1.82) is 0 Å². The molecule has 1 aromatic rings. The van der Waals surface area contributed by atoms with Gasteiger partial charge in [0.05, 0.1) is 7.11 Å². The minimum Gasteiger partial charge on any atom is -0.467 e. The summed E-state index contributed by atoms with van der Waals surface area (Å²) < 4.78 is 42.4. The van der Waals surface area contributed by atoms with E-state index in [1.54, 1.807) is 18.2 Å². The molecule has 0 saturated carbocycles. The predicted molar refractivity (Wildman–Crippen MR) is 62.7 cm³/mol. The number of hydrogen-bond acceptors (Lipinski definition) is 3. The summed E-state index contributed by atoms with van der Waals surface area (Å²) in [5, 5.41) is 0. The first-order valence-electron chi connectivity index (χ1n) is 5.89. The SMILES string of the molecule is COC(=O)[C@@H]1c2ccccc2CCN1C(=O)C(F)(F)F. The molecule has 0 radical (unpaired) electrons. The standard InChI is InChI=1S/C13H12F3NO3/c1-20-11(18)10-9-5-3-2-4-8(9)6-7-17(10)12(19)13(14,15)16/h2-5,10H,6-7H2,1H3/t10-/m0/s1. The van der Waals surface area contributed by atoms with E-state index < -0.39 is 24.1 Å². The van der Waals surface area contributed by atoms with Gasteiger partial charge in [-0.05, 0) is 17.5 Å². The smallest absolute Gasteiger partial charge is 0.467 e. The molecule has 4 nitrogen and oxygen atoms in total. The molecule has 2 rings (SSSR count). The van der Waals surface area contributed by atoms with Crippen LogP contribution in [0.3, 0.4) is 0 Å². The summed E-state index contributed by atoms with van der Waals surface area (Å²) in [7, 11) is 1.08. The van der Waals surface area contributed by atoms with Crippen LogP contribution in [0.1, 0.15) is 17.2 Å². The first-order chi connectivity index (χ1) is 9.36. The molecule has 0 aromatic heterocycles. The number of ether oxygens (including phenoxy) is 1. The van der Waals surface area contributed by atoms with Crippen molar-refractivity contribution >= 4 is 11.9 Å². The Hall–Kier alpha value is -2.05. The van der Waals surface area contributed by atoms with Crippen molar-refractivity contribution in [2.75, 3.05) is 13.7 Å². The molecule has 108 valence electrons. The fourth-order valence-corrected chi connectivity index (χ4v) is 2.31. The van der Waals surface area contributed by atoms with E-state index in [2.05, 4.69) is 4.74 Å². The van der Waals surface area contributed by atoms with Gasteiger partial charge in [0.25, 0.3) is 0 Å². The minimum atomic E-state index is -5.02. The van der Waals surface area contributed by atoms with Gasteiger partial charge < -0.3 is 9.64 Å². The second-order valence-corrected chi connectivity index (χ2v) is 4.37. The van der Waals surface area contributed by atoms with Crippen LogP contribution >= 0.6 is 0 Å². The Labute approximate surface area is 113 Å². The van der Waals surface area contributed by atoms with Gasteiger partial charge in [-0.1, -0.05) is 24.3 Å². The van der Waals surface area contributed by atoms with Gasteiger partial charge in [0.2, 0.25) is 0 Å². The summed E-state index contributed by atoms with van der Waals surface area (Å²) in [6, 6.07) is 5.25. The van der Waals surface area contributed by atoms with Crippen LogP contribution < -0.4 is 0 Å². The lowest BCUT2D eigenvalue weighted by Gasteiger charge is -2.35. The Balaban J connectivity index is 2.45. The van der Waals surface area contributed by atoms with E-state index in [9.17, 15) is 22.8 Å². The lowest BCUT2D eigenvalue weighted by Crippen LogP contribution is -2.49. The summed E-state index contributed by atoms with van der Waals surface area (Å²) in [6.07, 6.45) is -4.75. The average molecular weight is 287 g/mol. The number of fused-ring (bicyclic) bond motifs is 1. The van der Waals surface area contributed by atoms with Gasteiger partial charge in [0.1, 0.15) is 0 Å². The number of hydrogen-bond donors (Lipinski definition) is 0. The zero-order valence-corrected chi connectivity index (χ0v) is 10.6. The summed E-state index contributed by atoms with van der Waals surface area (Å²) >= 11 is 0.